The number of nitrogens with zero attached hydrogens (tertiary/aromatic N) is 2. The lowest BCUT2D eigenvalue weighted by atomic mass is 10.2. The van der Waals surface area contributed by atoms with Crippen LogP contribution in [0.1, 0.15) is 18.9 Å². The highest BCUT2D eigenvalue weighted by atomic mass is 19.1. The Kier molecular flexibility index (Phi) is 6.68. The number of hydrogen-bond donors (Lipinski definition) is 2. The molecule has 1 unspecified atom stereocenters. The van der Waals surface area contributed by atoms with Crippen LogP contribution in [0, 0.1) is 11.6 Å². The minimum Gasteiger partial charge on any atom is -0.495 e. The smallest absolute Gasteiger partial charge is 0.191 e. The molecule has 0 spiro atoms. The minimum atomic E-state index is -0.465. The summed E-state index contributed by atoms with van der Waals surface area (Å²) in [6.45, 7) is 4.42. The van der Waals surface area contributed by atoms with Crippen LogP contribution in [0.25, 0.3) is 0 Å². The van der Waals surface area contributed by atoms with Crippen molar-refractivity contribution in [1.29, 1.82) is 0 Å². The third-order valence-corrected chi connectivity index (χ3v) is 4.71. The number of aliphatic imine (C=N–C) groups is 1. The highest BCUT2D eigenvalue weighted by Gasteiger charge is 2.25. The number of ether oxygens (including phenoxy) is 1. The van der Waals surface area contributed by atoms with Gasteiger partial charge < -0.3 is 20.3 Å². The predicted molar refractivity (Wildman–Crippen MR) is 108 cm³/mol. The molecule has 1 atom stereocenters. The number of guanidine groups is 1. The Hall–Kier alpha value is -2.83. The van der Waals surface area contributed by atoms with Crippen molar-refractivity contribution in [2.24, 2.45) is 4.99 Å². The van der Waals surface area contributed by atoms with Gasteiger partial charge in [0.2, 0.25) is 0 Å². The summed E-state index contributed by atoms with van der Waals surface area (Å²) in [7, 11) is 1.67. The number of hydrogen-bond acceptors (Lipinski definition) is 3. The molecule has 2 aromatic carbocycles. The van der Waals surface area contributed by atoms with E-state index in [9.17, 15) is 8.78 Å². The van der Waals surface area contributed by atoms with Gasteiger partial charge in [0.25, 0.3) is 0 Å². The fraction of sp³-hybridized carbons (Fsp3) is 0.381. The van der Waals surface area contributed by atoms with Gasteiger partial charge in [-0.3, -0.25) is 0 Å². The fourth-order valence-corrected chi connectivity index (χ4v) is 3.33. The van der Waals surface area contributed by atoms with E-state index in [1.165, 1.54) is 6.07 Å². The molecule has 1 heterocycles. The topological polar surface area (TPSA) is 48.9 Å². The standard InChI is InChI=1S/C21H26F2N4O/c1-3-24-21(25-13-15-12-16(22)8-9-18(15)23)26-17-10-11-27(14-17)19-6-4-5-7-20(19)28-2/h4-9,12,17H,3,10-11,13-14H2,1-2H3,(H2,24,25,26). The maximum Gasteiger partial charge on any atom is 0.191 e. The normalized spacial score (nSPS) is 16.9. The summed E-state index contributed by atoms with van der Waals surface area (Å²) in [5, 5.41) is 6.57. The first-order valence-corrected chi connectivity index (χ1v) is 9.47. The quantitative estimate of drug-likeness (QED) is 0.589. The van der Waals surface area contributed by atoms with Crippen molar-refractivity contribution in [1.82, 2.24) is 10.6 Å². The second-order valence-electron chi connectivity index (χ2n) is 6.68. The third kappa shape index (κ3) is 4.91. The Labute approximate surface area is 164 Å². The lowest BCUT2D eigenvalue weighted by Gasteiger charge is -2.22. The molecule has 0 aliphatic carbocycles. The van der Waals surface area contributed by atoms with Crippen LogP contribution in [0.15, 0.2) is 47.5 Å². The molecule has 0 radical (unpaired) electrons. The highest BCUT2D eigenvalue weighted by molar-refractivity contribution is 5.80. The number of benzene rings is 2. The van der Waals surface area contributed by atoms with E-state index in [0.29, 0.717) is 12.5 Å². The Morgan fingerprint density at radius 3 is 2.86 bits per heavy atom. The number of rotatable bonds is 6. The Balaban J connectivity index is 1.65. The fourth-order valence-electron chi connectivity index (χ4n) is 3.33. The first-order chi connectivity index (χ1) is 13.6. The molecule has 0 aromatic heterocycles. The van der Waals surface area contributed by atoms with Crippen LogP contribution in [0.2, 0.25) is 0 Å². The molecule has 28 heavy (non-hydrogen) atoms. The average molecular weight is 388 g/mol. The van der Waals surface area contributed by atoms with Gasteiger partial charge in [0.05, 0.1) is 19.3 Å². The molecular weight excluding hydrogens is 362 g/mol. The molecule has 150 valence electrons. The summed E-state index contributed by atoms with van der Waals surface area (Å²) < 4.78 is 32.6. The zero-order valence-electron chi connectivity index (χ0n) is 16.2. The van der Waals surface area contributed by atoms with E-state index < -0.39 is 11.6 Å². The zero-order chi connectivity index (χ0) is 19.9. The van der Waals surface area contributed by atoms with Crippen molar-refractivity contribution < 1.29 is 13.5 Å². The van der Waals surface area contributed by atoms with Gasteiger partial charge in [-0.15, -0.1) is 0 Å². The molecule has 1 fully saturated rings. The van der Waals surface area contributed by atoms with Crippen LogP contribution in [0.5, 0.6) is 5.75 Å². The zero-order valence-corrected chi connectivity index (χ0v) is 16.2. The number of para-hydroxylation sites is 2. The Morgan fingerprint density at radius 2 is 2.07 bits per heavy atom. The summed E-state index contributed by atoms with van der Waals surface area (Å²) in [5.74, 6) is 0.528. The molecule has 2 aromatic rings. The summed E-state index contributed by atoms with van der Waals surface area (Å²) in [6.07, 6.45) is 0.941. The van der Waals surface area contributed by atoms with Gasteiger partial charge in [0.1, 0.15) is 17.4 Å². The summed E-state index contributed by atoms with van der Waals surface area (Å²) in [5.41, 5.74) is 1.30. The second-order valence-corrected chi connectivity index (χ2v) is 6.68. The SMILES string of the molecule is CCNC(=NCc1cc(F)ccc1F)NC1CCN(c2ccccc2OC)C1. The average Bonchev–Trinajstić information content (AvgIpc) is 3.17. The highest BCUT2D eigenvalue weighted by Crippen LogP contribution is 2.30. The minimum absolute atomic E-state index is 0.0713. The third-order valence-electron chi connectivity index (χ3n) is 4.71. The van der Waals surface area contributed by atoms with Crippen LogP contribution in [-0.2, 0) is 6.54 Å². The Morgan fingerprint density at radius 1 is 1.25 bits per heavy atom. The lowest BCUT2D eigenvalue weighted by molar-refractivity contribution is 0.415. The largest absolute Gasteiger partial charge is 0.495 e. The van der Waals surface area contributed by atoms with Crippen molar-refractivity contribution in [3.8, 4) is 5.75 Å². The van der Waals surface area contributed by atoms with E-state index in [-0.39, 0.29) is 18.2 Å². The number of halogens is 2. The van der Waals surface area contributed by atoms with Crippen LogP contribution in [0.4, 0.5) is 14.5 Å². The monoisotopic (exact) mass is 388 g/mol. The van der Waals surface area contributed by atoms with Gasteiger partial charge in [-0.1, -0.05) is 12.1 Å². The molecule has 0 bridgehead atoms. The van der Waals surface area contributed by atoms with Crippen molar-refractivity contribution >= 4 is 11.6 Å². The molecule has 0 saturated carbocycles. The summed E-state index contributed by atoms with van der Waals surface area (Å²) >= 11 is 0. The molecule has 3 rings (SSSR count). The molecule has 1 aliphatic heterocycles. The van der Waals surface area contributed by atoms with Gasteiger partial charge in [-0.25, -0.2) is 13.8 Å². The van der Waals surface area contributed by atoms with Crippen molar-refractivity contribution in [2.75, 3.05) is 31.6 Å². The number of anilines is 1. The van der Waals surface area contributed by atoms with E-state index >= 15 is 0 Å². The summed E-state index contributed by atoms with van der Waals surface area (Å²) in [4.78, 5) is 6.70. The van der Waals surface area contributed by atoms with E-state index in [1.807, 2.05) is 31.2 Å². The van der Waals surface area contributed by atoms with Gasteiger partial charge in [0, 0.05) is 31.2 Å². The first kappa shape index (κ1) is 19.9. The molecule has 1 saturated heterocycles. The van der Waals surface area contributed by atoms with Crippen molar-refractivity contribution in [2.45, 2.75) is 25.9 Å². The van der Waals surface area contributed by atoms with E-state index in [0.717, 1.165) is 43.1 Å². The second kappa shape index (κ2) is 9.39. The Bertz CT molecular complexity index is 828. The molecule has 5 nitrogen and oxygen atoms in total. The number of methoxy groups -OCH3 is 1. The molecular formula is C21H26F2N4O. The predicted octanol–water partition coefficient (Wildman–Crippen LogP) is 3.31. The molecule has 0 amide bonds. The van der Waals surface area contributed by atoms with E-state index in [4.69, 9.17) is 4.74 Å². The van der Waals surface area contributed by atoms with Gasteiger partial charge in [0.15, 0.2) is 5.96 Å². The molecule has 2 N–H and O–H groups in total. The van der Waals surface area contributed by atoms with Crippen molar-refractivity contribution in [3.05, 3.63) is 59.7 Å². The maximum absolute atomic E-state index is 13.8. The van der Waals surface area contributed by atoms with Crippen LogP contribution in [0.3, 0.4) is 0 Å². The van der Waals surface area contributed by atoms with E-state index in [1.54, 1.807) is 7.11 Å². The van der Waals surface area contributed by atoms with Crippen LogP contribution >= 0.6 is 0 Å². The first-order valence-electron chi connectivity index (χ1n) is 9.47. The molecule has 7 heteroatoms. The maximum atomic E-state index is 13.8. The van der Waals surface area contributed by atoms with Gasteiger partial charge in [-0.2, -0.15) is 0 Å². The van der Waals surface area contributed by atoms with Crippen LogP contribution in [-0.4, -0.2) is 38.7 Å². The van der Waals surface area contributed by atoms with Crippen molar-refractivity contribution in [3.63, 3.8) is 0 Å². The van der Waals surface area contributed by atoms with Gasteiger partial charge >= 0.3 is 0 Å². The number of nitrogens with one attached hydrogen (secondary N) is 2. The summed E-state index contributed by atoms with van der Waals surface area (Å²) in [6, 6.07) is 11.6. The van der Waals surface area contributed by atoms with Crippen LogP contribution < -0.4 is 20.3 Å². The lowest BCUT2D eigenvalue weighted by Crippen LogP contribution is -2.44. The van der Waals surface area contributed by atoms with E-state index in [2.05, 4.69) is 20.5 Å². The molecule has 1 aliphatic rings. The van der Waals surface area contributed by atoms with Gasteiger partial charge in [-0.05, 0) is 43.7 Å².